The van der Waals surface area contributed by atoms with Gasteiger partial charge >= 0.3 is 11.9 Å². The smallest absolute Gasteiger partial charge is 0.311 e. The maximum atomic E-state index is 14.7. The summed E-state index contributed by atoms with van der Waals surface area (Å²) in [4.78, 5) is 40.9. The van der Waals surface area contributed by atoms with Gasteiger partial charge in [-0.05, 0) is 96.3 Å². The normalized spacial score (nSPS) is 41.1. The van der Waals surface area contributed by atoms with Crippen LogP contribution in [-0.2, 0) is 47.5 Å². The zero-order valence-electron chi connectivity index (χ0n) is 39.7. The Morgan fingerprint density at radius 2 is 1.55 bits per heavy atom. The van der Waals surface area contributed by atoms with Crippen molar-refractivity contribution in [1.29, 1.82) is 0 Å². The van der Waals surface area contributed by atoms with Crippen LogP contribution in [0.3, 0.4) is 0 Å². The van der Waals surface area contributed by atoms with E-state index in [2.05, 4.69) is 33.9 Å². The van der Waals surface area contributed by atoms with E-state index in [1.165, 1.54) is 0 Å². The molecule has 0 aliphatic carbocycles. The summed E-state index contributed by atoms with van der Waals surface area (Å²) in [6, 6.07) is 0. The van der Waals surface area contributed by atoms with Crippen LogP contribution < -0.4 is 0 Å². The molecule has 12 heteroatoms. The first-order chi connectivity index (χ1) is 29.3. The zero-order valence-corrected chi connectivity index (χ0v) is 39.7. The van der Waals surface area contributed by atoms with E-state index >= 15 is 0 Å². The fraction of sp³-hybridized carbons (Fsp3) is 0.860. The first kappa shape index (κ1) is 50.8. The summed E-state index contributed by atoms with van der Waals surface area (Å²) in [5.74, 6) is -5.12. The highest BCUT2D eigenvalue weighted by Crippen LogP contribution is 2.56. The van der Waals surface area contributed by atoms with Gasteiger partial charge in [-0.3, -0.25) is 14.4 Å². The Labute approximate surface area is 372 Å². The van der Waals surface area contributed by atoms with E-state index < -0.39 is 58.8 Å². The van der Waals surface area contributed by atoms with Crippen molar-refractivity contribution in [2.45, 2.75) is 225 Å². The molecule has 0 aromatic heterocycles. The molecule has 0 bridgehead atoms. The molecule has 5 aliphatic rings. The van der Waals surface area contributed by atoms with Crippen molar-refractivity contribution in [3.63, 3.8) is 0 Å². The van der Waals surface area contributed by atoms with E-state index in [4.69, 9.17) is 33.2 Å². The van der Waals surface area contributed by atoms with Crippen molar-refractivity contribution in [2.75, 3.05) is 6.61 Å². The lowest BCUT2D eigenvalue weighted by Gasteiger charge is -2.57. The standard InChI is InChI=1S/C50H82O12/c1-13-18-19-41(51)59-40-23-25-49(62-50(40)27-26-47(12,61-50)39-22-24-48(55,17-5)35(11)57-39)32(8)29-31(7)45(60-49)37(16-4)43(53)33(9)42(52)34(10)44-30(6)20-21-38(58-44)36(15-3)46(54)56-28-14-2/h13-14,30-40,42,44-45,52,55H,1-2,15-29H2,3-12H3/t30-,31-,32+,33-,34-,35-,36+,37-,38+,39+,40+,42+,44+,45-,47-,48+,49-,50-/m0/s1. The third kappa shape index (κ3) is 10.4. The predicted molar refractivity (Wildman–Crippen MR) is 236 cm³/mol. The van der Waals surface area contributed by atoms with E-state index in [1.54, 1.807) is 12.2 Å². The van der Waals surface area contributed by atoms with Gasteiger partial charge in [0.05, 0.1) is 53.7 Å². The number of carbonyl (C=O) groups is 3. The van der Waals surface area contributed by atoms with Crippen LogP contribution >= 0.6 is 0 Å². The maximum absolute atomic E-state index is 14.7. The average molecular weight is 875 g/mol. The van der Waals surface area contributed by atoms with Gasteiger partial charge in [0.2, 0.25) is 5.79 Å². The fourth-order valence-corrected chi connectivity index (χ4v) is 11.7. The molecule has 62 heavy (non-hydrogen) atoms. The second-order valence-electron chi connectivity index (χ2n) is 20.1. The van der Waals surface area contributed by atoms with Gasteiger partial charge in [-0.25, -0.2) is 0 Å². The van der Waals surface area contributed by atoms with Crippen LogP contribution in [-0.4, -0.2) is 100 Å². The van der Waals surface area contributed by atoms with Crippen molar-refractivity contribution in [3.05, 3.63) is 25.3 Å². The van der Waals surface area contributed by atoms with Gasteiger partial charge in [-0.1, -0.05) is 74.1 Å². The third-order valence-corrected chi connectivity index (χ3v) is 16.0. The van der Waals surface area contributed by atoms with Crippen LogP contribution in [0.1, 0.15) is 159 Å². The highest BCUT2D eigenvalue weighted by molar-refractivity contribution is 5.84. The molecule has 5 fully saturated rings. The first-order valence-electron chi connectivity index (χ1n) is 24.2. The van der Waals surface area contributed by atoms with Crippen LogP contribution in [0, 0.1) is 41.4 Å². The topological polar surface area (TPSA) is 156 Å². The number of hydrogen-bond acceptors (Lipinski definition) is 12. The molecular formula is C50H82O12. The largest absolute Gasteiger partial charge is 0.461 e. The number of allylic oxidation sites excluding steroid dienone is 1. The van der Waals surface area contributed by atoms with E-state index in [1.807, 2.05) is 48.5 Å². The molecule has 18 atom stereocenters. The fourth-order valence-electron chi connectivity index (χ4n) is 11.7. The highest BCUT2D eigenvalue weighted by Gasteiger charge is 2.65. The summed E-state index contributed by atoms with van der Waals surface area (Å²) >= 11 is 0. The van der Waals surface area contributed by atoms with Crippen LogP contribution in [0.4, 0.5) is 0 Å². The minimum atomic E-state index is -1.32. The maximum Gasteiger partial charge on any atom is 0.311 e. The molecule has 2 spiro atoms. The monoisotopic (exact) mass is 875 g/mol. The first-order valence-corrected chi connectivity index (χ1v) is 24.2. The van der Waals surface area contributed by atoms with Gasteiger partial charge in [0.15, 0.2) is 11.9 Å². The Morgan fingerprint density at radius 1 is 0.839 bits per heavy atom. The number of hydrogen-bond donors (Lipinski definition) is 2. The SMILES string of the molecule is C=CCCC(=O)O[C@@H]1CC[C@]2(O[C@H]([C@@H](CC)C(=O)[C@@H](C)[C@@H](O)[C@H](C)[C@@H]3O[C@@H]([C@@H](CC)C(=O)OCC=C)CC[C@@H]3C)[C@@H](C)C[C@H]2C)O[C@@]12CC[C@@](C)([C@H]1CC[C@](O)(CC)[C@H](C)O1)O2. The summed E-state index contributed by atoms with van der Waals surface area (Å²) in [7, 11) is 0. The Hall–Kier alpha value is -2.19. The molecule has 5 rings (SSSR count). The van der Waals surface area contributed by atoms with Crippen molar-refractivity contribution in [3.8, 4) is 0 Å². The van der Waals surface area contributed by atoms with Crippen LogP contribution in [0.2, 0.25) is 0 Å². The number of Topliss-reactive ketones (excluding diaryl/α,β-unsaturated/α-hetero) is 1. The van der Waals surface area contributed by atoms with Gasteiger partial charge in [0.1, 0.15) is 12.4 Å². The van der Waals surface area contributed by atoms with E-state index in [-0.39, 0.29) is 78.8 Å². The third-order valence-electron chi connectivity index (χ3n) is 16.0. The van der Waals surface area contributed by atoms with Crippen LogP contribution in [0.5, 0.6) is 0 Å². The lowest BCUT2D eigenvalue weighted by Crippen LogP contribution is -2.65. The molecule has 354 valence electrons. The molecule has 2 N–H and O–H groups in total. The van der Waals surface area contributed by atoms with Gasteiger partial charge in [0, 0.05) is 42.9 Å². The summed E-state index contributed by atoms with van der Waals surface area (Å²) < 4.78 is 46.4. The number of aliphatic hydroxyl groups is 2. The van der Waals surface area contributed by atoms with Gasteiger partial charge in [0.25, 0.3) is 0 Å². The Kier molecular flexibility index (Phi) is 17.2. The molecular weight excluding hydrogens is 793 g/mol. The summed E-state index contributed by atoms with van der Waals surface area (Å²) in [6.07, 6.45) is 7.47. The minimum Gasteiger partial charge on any atom is -0.461 e. The zero-order chi connectivity index (χ0) is 45.8. The van der Waals surface area contributed by atoms with Gasteiger partial charge < -0.3 is 43.4 Å². The molecule has 0 unspecified atom stereocenters. The van der Waals surface area contributed by atoms with Crippen LogP contribution in [0.25, 0.3) is 0 Å². The molecule has 0 radical (unpaired) electrons. The molecule has 0 saturated carbocycles. The van der Waals surface area contributed by atoms with E-state index in [0.29, 0.717) is 70.6 Å². The number of carbonyl (C=O) groups excluding carboxylic acids is 3. The number of esters is 2. The molecule has 0 amide bonds. The highest BCUT2D eigenvalue weighted by atomic mass is 16.8. The van der Waals surface area contributed by atoms with E-state index in [0.717, 1.165) is 12.8 Å². The molecule has 5 saturated heterocycles. The molecule has 12 nitrogen and oxygen atoms in total. The summed E-state index contributed by atoms with van der Waals surface area (Å²) in [5.41, 5.74) is -1.69. The van der Waals surface area contributed by atoms with Crippen molar-refractivity contribution >= 4 is 17.7 Å². The second kappa shape index (κ2) is 21.0. The van der Waals surface area contributed by atoms with Crippen molar-refractivity contribution < 1.29 is 57.8 Å². The van der Waals surface area contributed by atoms with Crippen molar-refractivity contribution in [2.24, 2.45) is 41.4 Å². The summed E-state index contributed by atoms with van der Waals surface area (Å²) in [6.45, 7) is 27.6. The van der Waals surface area contributed by atoms with Crippen LogP contribution in [0.15, 0.2) is 25.3 Å². The average Bonchev–Trinajstić information content (AvgIpc) is 3.59. The molecule has 0 aromatic carbocycles. The second-order valence-corrected chi connectivity index (χ2v) is 20.1. The number of rotatable bonds is 18. The Balaban J connectivity index is 1.35. The van der Waals surface area contributed by atoms with Crippen molar-refractivity contribution in [1.82, 2.24) is 0 Å². The lowest BCUT2D eigenvalue weighted by atomic mass is 9.72. The lowest BCUT2D eigenvalue weighted by molar-refractivity contribution is -0.442. The number of aliphatic hydroxyl groups excluding tert-OH is 1. The molecule has 0 aromatic rings. The summed E-state index contributed by atoms with van der Waals surface area (Å²) in [5, 5.41) is 23.2. The minimum absolute atomic E-state index is 0.0128. The van der Waals surface area contributed by atoms with Gasteiger partial charge in [-0.2, -0.15) is 0 Å². The quantitative estimate of drug-likeness (QED) is 0.100. The predicted octanol–water partition coefficient (Wildman–Crippen LogP) is 8.57. The molecule has 5 aliphatic heterocycles. The molecule has 5 heterocycles. The van der Waals surface area contributed by atoms with Gasteiger partial charge in [-0.15, -0.1) is 6.58 Å². The van der Waals surface area contributed by atoms with E-state index in [9.17, 15) is 24.6 Å². The Bertz CT molecular complexity index is 1550. The number of ether oxygens (including phenoxy) is 7. The Morgan fingerprint density at radius 3 is 2.18 bits per heavy atom. The number of ketones is 1.